The Balaban J connectivity index is 1.29. The van der Waals surface area contributed by atoms with Crippen LogP contribution in [-0.4, -0.2) is 0 Å². The molecule has 0 fully saturated rings. The molecule has 0 aliphatic heterocycles. The summed E-state index contributed by atoms with van der Waals surface area (Å²) in [5.41, 5.74) is 12.1. The molecule has 0 saturated carbocycles. The topological polar surface area (TPSA) is 0 Å². The van der Waals surface area contributed by atoms with E-state index < -0.39 is 0 Å². The summed E-state index contributed by atoms with van der Waals surface area (Å²) >= 11 is 14.7. The molecule has 0 unspecified atom stereocenters. The van der Waals surface area contributed by atoms with Crippen LogP contribution in [0.3, 0.4) is 0 Å². The van der Waals surface area contributed by atoms with Gasteiger partial charge in [-0.25, -0.2) is 0 Å². The largest absolute Gasteiger partial charge is 0.0616 e. The highest BCUT2D eigenvalue weighted by Gasteiger charge is 2.20. The normalized spacial score (nSPS) is 11.6. The Morgan fingerprint density at radius 3 is 0.679 bits per heavy atom. The van der Waals surface area contributed by atoms with Gasteiger partial charge in [0.15, 0.2) is 0 Å². The molecule has 0 amide bonds. The van der Waals surface area contributed by atoms with Crippen LogP contribution >= 0.6 is 63.7 Å². The molecular formula is C52H30Br4. The van der Waals surface area contributed by atoms with Gasteiger partial charge in [0.1, 0.15) is 0 Å². The summed E-state index contributed by atoms with van der Waals surface area (Å²) < 4.78 is 4.27. The number of fused-ring (bicyclic) bond motifs is 4. The van der Waals surface area contributed by atoms with E-state index in [1.807, 2.05) is 0 Å². The van der Waals surface area contributed by atoms with E-state index in [4.69, 9.17) is 0 Å². The maximum atomic E-state index is 3.68. The Kier molecular flexibility index (Phi) is 9.26. The molecule has 56 heavy (non-hydrogen) atoms. The van der Waals surface area contributed by atoms with E-state index in [1.165, 1.54) is 98.7 Å². The molecule has 10 aromatic carbocycles. The molecular weight excluding hydrogens is 944 g/mol. The maximum Gasteiger partial charge on any atom is 0.0175 e. The lowest BCUT2D eigenvalue weighted by Crippen LogP contribution is -1.93. The molecule has 0 aliphatic carbocycles. The van der Waals surface area contributed by atoms with Gasteiger partial charge in [-0.2, -0.15) is 0 Å². The van der Waals surface area contributed by atoms with Gasteiger partial charge >= 0.3 is 0 Å². The second-order valence-electron chi connectivity index (χ2n) is 14.1. The lowest BCUT2D eigenvalue weighted by atomic mass is 9.83. The van der Waals surface area contributed by atoms with Gasteiger partial charge in [0, 0.05) is 17.9 Å². The minimum Gasteiger partial charge on any atom is -0.0616 e. The minimum atomic E-state index is 1.06. The van der Waals surface area contributed by atoms with Crippen molar-refractivity contribution in [2.75, 3.05) is 0 Å². The van der Waals surface area contributed by atoms with Crippen molar-refractivity contribution >= 4 is 107 Å². The molecule has 10 aromatic rings. The third-order valence-electron chi connectivity index (χ3n) is 10.9. The molecule has 0 spiro atoms. The van der Waals surface area contributed by atoms with Crippen LogP contribution in [0.5, 0.6) is 0 Å². The van der Waals surface area contributed by atoms with Crippen LogP contribution in [0.1, 0.15) is 0 Å². The molecule has 0 aliphatic rings. The zero-order valence-corrected chi connectivity index (χ0v) is 36.2. The predicted octanol–water partition coefficient (Wildman–Crippen LogP) is 17.7. The van der Waals surface area contributed by atoms with Gasteiger partial charge in [-0.3, -0.25) is 0 Å². The average Bonchev–Trinajstić information content (AvgIpc) is 3.23. The van der Waals surface area contributed by atoms with Crippen molar-refractivity contribution in [2.45, 2.75) is 0 Å². The van der Waals surface area contributed by atoms with Gasteiger partial charge in [0.05, 0.1) is 0 Å². The summed E-state index contributed by atoms with van der Waals surface area (Å²) in [5.74, 6) is 0. The van der Waals surface area contributed by atoms with Crippen LogP contribution in [0.15, 0.2) is 200 Å². The van der Waals surface area contributed by atoms with E-state index in [9.17, 15) is 0 Å². The molecule has 0 N–H and O–H groups in total. The molecule has 0 nitrogen and oxygen atoms in total. The summed E-state index contributed by atoms with van der Waals surface area (Å²) in [6.07, 6.45) is 0. The van der Waals surface area contributed by atoms with Crippen LogP contribution in [0.25, 0.3) is 98.7 Å². The summed E-state index contributed by atoms with van der Waals surface area (Å²) in [4.78, 5) is 0. The van der Waals surface area contributed by atoms with E-state index >= 15 is 0 Å². The second-order valence-corrected chi connectivity index (χ2v) is 17.8. The Labute approximate surface area is 359 Å². The fourth-order valence-corrected chi connectivity index (χ4v) is 9.48. The summed E-state index contributed by atoms with van der Waals surface area (Å²) in [6, 6.07) is 66.7. The maximum absolute atomic E-state index is 3.68. The lowest BCUT2D eigenvalue weighted by Gasteiger charge is -2.20. The first-order chi connectivity index (χ1) is 27.4. The fourth-order valence-electron chi connectivity index (χ4n) is 8.43. The van der Waals surface area contributed by atoms with E-state index in [1.54, 1.807) is 0 Å². The molecule has 0 bridgehead atoms. The molecule has 0 radical (unpaired) electrons. The summed E-state index contributed by atoms with van der Waals surface area (Å²) in [7, 11) is 0. The first kappa shape index (κ1) is 35.6. The lowest BCUT2D eigenvalue weighted by molar-refractivity contribution is 1.61. The Morgan fingerprint density at radius 1 is 0.196 bits per heavy atom. The van der Waals surface area contributed by atoms with Crippen molar-refractivity contribution in [3.63, 3.8) is 0 Å². The van der Waals surface area contributed by atoms with Crippen LogP contribution in [0.4, 0.5) is 0 Å². The third kappa shape index (κ3) is 6.24. The molecule has 0 atom stereocenters. The third-order valence-corrected chi connectivity index (χ3v) is 13.0. The van der Waals surface area contributed by atoms with E-state index in [2.05, 4.69) is 246 Å². The highest BCUT2D eigenvalue weighted by molar-refractivity contribution is 9.11. The quantitative estimate of drug-likeness (QED) is 0.151. The van der Waals surface area contributed by atoms with E-state index in [0.29, 0.717) is 0 Å². The standard InChI is InChI=1S/C52H30Br4/c53-37-19-9-31(10-20-37)49-41-5-1-3-7-43(41)51(33-13-23-39(55)24-14-33)47-29-35(17-27-45(47)49)36-18-28-46-48(30-36)52(34-15-25-40(56)26-16-34)44-8-4-2-6-42(44)50(46)32-11-21-38(54)22-12-32/h1-30H. The van der Waals surface area contributed by atoms with Crippen LogP contribution in [-0.2, 0) is 0 Å². The van der Waals surface area contributed by atoms with Crippen molar-refractivity contribution < 1.29 is 0 Å². The van der Waals surface area contributed by atoms with Crippen molar-refractivity contribution in [2.24, 2.45) is 0 Å². The number of rotatable bonds is 5. The molecule has 0 saturated heterocycles. The Morgan fingerprint density at radius 2 is 0.411 bits per heavy atom. The number of hydrogen-bond donors (Lipinski definition) is 0. The zero-order chi connectivity index (χ0) is 37.9. The van der Waals surface area contributed by atoms with Gasteiger partial charge < -0.3 is 0 Å². The first-order valence-electron chi connectivity index (χ1n) is 18.4. The van der Waals surface area contributed by atoms with Crippen LogP contribution in [0.2, 0.25) is 0 Å². The smallest absolute Gasteiger partial charge is 0.0175 e. The second kappa shape index (κ2) is 14.6. The highest BCUT2D eigenvalue weighted by Crippen LogP contribution is 2.48. The van der Waals surface area contributed by atoms with Gasteiger partial charge in [-0.1, -0.05) is 185 Å². The number of benzene rings is 10. The summed E-state index contributed by atoms with van der Waals surface area (Å²) in [6.45, 7) is 0. The highest BCUT2D eigenvalue weighted by atomic mass is 79.9. The van der Waals surface area contributed by atoms with Crippen molar-refractivity contribution in [3.05, 3.63) is 200 Å². The molecule has 0 aromatic heterocycles. The monoisotopic (exact) mass is 970 g/mol. The molecule has 4 heteroatoms. The number of hydrogen-bond acceptors (Lipinski definition) is 0. The Hall–Kier alpha value is -4.84. The SMILES string of the molecule is Brc1ccc(-c2c3ccccc3c(-c3ccc(Br)cc3)c3cc(-c4ccc5c(-c6ccc(Br)cc6)c6ccccc6c(-c6ccc(Br)cc6)c5c4)ccc23)cc1. The average molecular weight is 974 g/mol. The van der Waals surface area contributed by atoms with Crippen molar-refractivity contribution in [3.8, 4) is 55.6 Å². The van der Waals surface area contributed by atoms with Gasteiger partial charge in [0.25, 0.3) is 0 Å². The summed E-state index contributed by atoms with van der Waals surface area (Å²) in [5, 5.41) is 9.86. The predicted molar refractivity (Wildman–Crippen MR) is 254 cm³/mol. The van der Waals surface area contributed by atoms with E-state index in [-0.39, 0.29) is 0 Å². The molecule has 266 valence electrons. The van der Waals surface area contributed by atoms with Crippen molar-refractivity contribution in [1.82, 2.24) is 0 Å². The van der Waals surface area contributed by atoms with Crippen molar-refractivity contribution in [1.29, 1.82) is 0 Å². The fraction of sp³-hybridized carbons (Fsp3) is 0. The Bertz CT molecular complexity index is 2910. The van der Waals surface area contributed by atoms with Gasteiger partial charge in [-0.15, -0.1) is 0 Å². The van der Waals surface area contributed by atoms with E-state index in [0.717, 1.165) is 17.9 Å². The minimum absolute atomic E-state index is 1.06. The molecule has 10 rings (SSSR count). The van der Waals surface area contributed by atoms with Crippen LogP contribution < -0.4 is 0 Å². The number of halogens is 4. The van der Waals surface area contributed by atoms with Gasteiger partial charge in [0.2, 0.25) is 0 Å². The molecule has 0 heterocycles. The first-order valence-corrected chi connectivity index (χ1v) is 21.6. The zero-order valence-electron chi connectivity index (χ0n) is 29.8. The van der Waals surface area contributed by atoms with Gasteiger partial charge in [-0.05, 0) is 159 Å². The van der Waals surface area contributed by atoms with Crippen LogP contribution in [0, 0.1) is 0 Å².